The number of pyridine rings is 1. The topological polar surface area (TPSA) is 41.9 Å². The third kappa shape index (κ3) is 2.87. The van der Waals surface area contributed by atoms with E-state index in [1.54, 1.807) is 24.8 Å². The van der Waals surface area contributed by atoms with Crippen LogP contribution < -0.4 is 4.90 Å². The number of anilines is 1. The van der Waals surface area contributed by atoms with Gasteiger partial charge in [-0.05, 0) is 6.07 Å². The Balaban J connectivity index is 2.31. The molecule has 0 spiro atoms. The van der Waals surface area contributed by atoms with Crippen molar-refractivity contribution in [1.82, 2.24) is 15.0 Å². The van der Waals surface area contributed by atoms with Crippen LogP contribution in [0.1, 0.15) is 0 Å². The van der Waals surface area contributed by atoms with E-state index in [0.29, 0.717) is 5.02 Å². The minimum absolute atomic E-state index is 0.633. The molecule has 0 fully saturated rings. The maximum absolute atomic E-state index is 6.28. The highest BCUT2D eigenvalue weighted by Gasteiger charge is 2.10. The van der Waals surface area contributed by atoms with E-state index < -0.39 is 0 Å². The van der Waals surface area contributed by atoms with E-state index in [-0.39, 0.29) is 0 Å². The van der Waals surface area contributed by atoms with Crippen molar-refractivity contribution in [2.45, 2.75) is 9.92 Å². The summed E-state index contributed by atoms with van der Waals surface area (Å²) in [7, 11) is 3.82. The summed E-state index contributed by atoms with van der Waals surface area (Å²) in [6, 6.07) is 1.87. The van der Waals surface area contributed by atoms with E-state index in [2.05, 4.69) is 15.0 Å². The van der Waals surface area contributed by atoms with Crippen LogP contribution in [0.5, 0.6) is 0 Å². The van der Waals surface area contributed by atoms with E-state index >= 15 is 0 Å². The fraction of sp³-hybridized carbons (Fsp3) is 0.182. The third-order valence-electron chi connectivity index (χ3n) is 2.01. The van der Waals surface area contributed by atoms with Crippen molar-refractivity contribution in [1.29, 1.82) is 0 Å². The molecule has 4 nitrogen and oxygen atoms in total. The molecule has 0 unspecified atom stereocenters. The van der Waals surface area contributed by atoms with Crippen molar-refractivity contribution in [3.63, 3.8) is 0 Å². The summed E-state index contributed by atoms with van der Waals surface area (Å²) in [5, 5.41) is 1.44. The van der Waals surface area contributed by atoms with E-state index in [4.69, 9.17) is 11.6 Å². The van der Waals surface area contributed by atoms with Gasteiger partial charge in [-0.15, -0.1) is 0 Å². The lowest BCUT2D eigenvalue weighted by molar-refractivity contribution is 1.04. The zero-order valence-electron chi connectivity index (χ0n) is 9.46. The van der Waals surface area contributed by atoms with Crippen molar-refractivity contribution in [3.05, 3.63) is 35.9 Å². The molecule has 0 aliphatic carbocycles. The van der Waals surface area contributed by atoms with Gasteiger partial charge in [0.1, 0.15) is 10.8 Å². The van der Waals surface area contributed by atoms with Crippen LogP contribution in [0.25, 0.3) is 0 Å². The quantitative estimate of drug-likeness (QED) is 0.855. The van der Waals surface area contributed by atoms with E-state index in [9.17, 15) is 0 Å². The molecule has 88 valence electrons. The predicted octanol–water partition coefficient (Wildman–Crippen LogP) is 2.74. The number of nitrogens with zero attached hydrogens (tertiary/aromatic N) is 4. The highest BCUT2D eigenvalue weighted by molar-refractivity contribution is 7.99. The lowest BCUT2D eigenvalue weighted by atomic mass is 10.4. The van der Waals surface area contributed by atoms with Crippen molar-refractivity contribution < 1.29 is 0 Å². The van der Waals surface area contributed by atoms with Gasteiger partial charge in [-0.1, -0.05) is 23.4 Å². The lowest BCUT2D eigenvalue weighted by Crippen LogP contribution is -2.11. The maximum atomic E-state index is 6.28. The molecule has 0 amide bonds. The Bertz CT molecular complexity index is 504. The summed E-state index contributed by atoms with van der Waals surface area (Å²) in [4.78, 5) is 15.2. The Morgan fingerprint density at radius 3 is 2.65 bits per heavy atom. The highest BCUT2D eigenvalue weighted by atomic mass is 35.5. The monoisotopic (exact) mass is 266 g/mol. The lowest BCUT2D eigenvalue weighted by Gasteiger charge is -2.14. The van der Waals surface area contributed by atoms with Crippen molar-refractivity contribution in [2.24, 2.45) is 0 Å². The van der Waals surface area contributed by atoms with E-state index in [1.165, 1.54) is 11.8 Å². The maximum Gasteiger partial charge on any atom is 0.147 e. The number of halogens is 1. The molecule has 0 atom stereocenters. The minimum atomic E-state index is 0.633. The fourth-order valence-electron chi connectivity index (χ4n) is 1.26. The van der Waals surface area contributed by atoms with Gasteiger partial charge >= 0.3 is 0 Å². The standard InChI is InChI=1S/C11H11ClN4S/c1-16(2)11-10(12)8(3-4-15-11)17-9-7-13-5-6-14-9/h3-7H,1-2H3. The number of aromatic nitrogens is 3. The molecule has 17 heavy (non-hydrogen) atoms. The van der Waals surface area contributed by atoms with Crippen molar-refractivity contribution >= 4 is 29.2 Å². The van der Waals surface area contributed by atoms with Crippen LogP contribution in [0.2, 0.25) is 5.02 Å². The Hall–Kier alpha value is -1.33. The molecule has 2 aromatic heterocycles. The largest absolute Gasteiger partial charge is 0.361 e. The third-order valence-corrected chi connectivity index (χ3v) is 3.48. The number of rotatable bonds is 3. The molecule has 2 heterocycles. The van der Waals surface area contributed by atoms with Gasteiger partial charge in [-0.25, -0.2) is 9.97 Å². The highest BCUT2D eigenvalue weighted by Crippen LogP contribution is 2.35. The second-order valence-electron chi connectivity index (χ2n) is 3.49. The molecule has 0 aromatic carbocycles. The normalized spacial score (nSPS) is 10.3. The first-order chi connectivity index (χ1) is 8.18. The second kappa shape index (κ2) is 5.33. The van der Waals surface area contributed by atoms with Gasteiger partial charge in [0.15, 0.2) is 0 Å². The summed E-state index contributed by atoms with van der Waals surface area (Å²) < 4.78 is 0. The van der Waals surface area contributed by atoms with E-state index in [0.717, 1.165) is 15.7 Å². The predicted molar refractivity (Wildman–Crippen MR) is 69.7 cm³/mol. The molecule has 0 saturated carbocycles. The minimum Gasteiger partial charge on any atom is -0.361 e. The molecule has 6 heteroatoms. The van der Waals surface area contributed by atoms with Gasteiger partial charge in [0.25, 0.3) is 0 Å². The van der Waals surface area contributed by atoms with Crippen LogP contribution in [0.15, 0.2) is 40.8 Å². The summed E-state index contributed by atoms with van der Waals surface area (Å²) in [6.45, 7) is 0. The first-order valence-corrected chi connectivity index (χ1v) is 6.13. The molecular formula is C11H11ClN4S. The van der Waals surface area contributed by atoms with Crippen LogP contribution in [0.4, 0.5) is 5.82 Å². The Kier molecular flexibility index (Phi) is 3.81. The number of hydrogen-bond donors (Lipinski definition) is 0. The second-order valence-corrected chi connectivity index (χ2v) is 4.93. The Labute approximate surface area is 109 Å². The van der Waals surface area contributed by atoms with Crippen LogP contribution in [0, 0.1) is 0 Å². The van der Waals surface area contributed by atoms with Gasteiger partial charge in [0.05, 0.1) is 11.2 Å². The van der Waals surface area contributed by atoms with Gasteiger partial charge < -0.3 is 4.90 Å². The summed E-state index contributed by atoms with van der Waals surface area (Å²) in [5.74, 6) is 0.751. The van der Waals surface area contributed by atoms with Gasteiger partial charge in [-0.3, -0.25) is 4.98 Å². The fourth-order valence-corrected chi connectivity index (χ4v) is 2.42. The zero-order valence-corrected chi connectivity index (χ0v) is 11.0. The molecule has 0 N–H and O–H groups in total. The summed E-state index contributed by atoms with van der Waals surface area (Å²) in [6.07, 6.45) is 6.74. The Morgan fingerprint density at radius 1 is 1.18 bits per heavy atom. The first kappa shape index (κ1) is 12.1. The molecule has 0 bridgehead atoms. The SMILES string of the molecule is CN(C)c1nccc(Sc2cnccn2)c1Cl. The average molecular weight is 267 g/mol. The Morgan fingerprint density at radius 2 is 2.00 bits per heavy atom. The van der Waals surface area contributed by atoms with Crippen molar-refractivity contribution in [2.75, 3.05) is 19.0 Å². The molecule has 0 aliphatic rings. The van der Waals surface area contributed by atoms with E-state index in [1.807, 2.05) is 25.1 Å². The molecule has 2 aromatic rings. The van der Waals surface area contributed by atoms with Crippen LogP contribution in [-0.4, -0.2) is 29.0 Å². The first-order valence-electron chi connectivity index (χ1n) is 4.94. The van der Waals surface area contributed by atoms with Gasteiger partial charge in [-0.2, -0.15) is 0 Å². The molecule has 2 rings (SSSR count). The molecule has 0 aliphatic heterocycles. The summed E-state index contributed by atoms with van der Waals surface area (Å²) >= 11 is 7.75. The van der Waals surface area contributed by atoms with Crippen molar-refractivity contribution in [3.8, 4) is 0 Å². The van der Waals surface area contributed by atoms with Crippen LogP contribution in [-0.2, 0) is 0 Å². The molecule has 0 radical (unpaired) electrons. The smallest absolute Gasteiger partial charge is 0.147 e. The van der Waals surface area contributed by atoms with Gasteiger partial charge in [0.2, 0.25) is 0 Å². The average Bonchev–Trinajstić information content (AvgIpc) is 2.33. The number of hydrogen-bond acceptors (Lipinski definition) is 5. The molecular weight excluding hydrogens is 256 g/mol. The van der Waals surface area contributed by atoms with Gasteiger partial charge in [0, 0.05) is 37.6 Å². The van der Waals surface area contributed by atoms with Crippen LogP contribution >= 0.6 is 23.4 Å². The molecule has 0 saturated heterocycles. The van der Waals surface area contributed by atoms with Crippen LogP contribution in [0.3, 0.4) is 0 Å². The zero-order chi connectivity index (χ0) is 12.3. The summed E-state index contributed by atoms with van der Waals surface area (Å²) in [5.41, 5.74) is 0.